The molecule has 1 rings (SSSR count). The molecule has 4 nitrogen and oxygen atoms in total. The van der Waals surface area contributed by atoms with E-state index in [0.29, 0.717) is 13.1 Å². The van der Waals surface area contributed by atoms with Crippen molar-refractivity contribution in [2.45, 2.75) is 58.8 Å². The molecule has 2 amide bonds. The van der Waals surface area contributed by atoms with E-state index in [4.69, 9.17) is 0 Å². The van der Waals surface area contributed by atoms with Crippen molar-refractivity contribution in [2.75, 3.05) is 13.1 Å². The fourth-order valence-corrected chi connectivity index (χ4v) is 2.54. The summed E-state index contributed by atoms with van der Waals surface area (Å²) >= 11 is 0. The molecule has 1 aliphatic carbocycles. The van der Waals surface area contributed by atoms with Gasteiger partial charge in [-0.1, -0.05) is 39.0 Å². The number of hydrogen-bond donors (Lipinski definition) is 2. The molecule has 2 N–H and O–H groups in total. The van der Waals surface area contributed by atoms with Crippen LogP contribution in [0.2, 0.25) is 0 Å². The number of carbonyl (C=O) groups is 2. The van der Waals surface area contributed by atoms with Gasteiger partial charge in [-0.25, -0.2) is 0 Å². The highest BCUT2D eigenvalue weighted by molar-refractivity contribution is 5.82. The molecule has 0 saturated heterocycles. The van der Waals surface area contributed by atoms with Crippen molar-refractivity contribution in [1.82, 2.24) is 10.6 Å². The molecular formula is C14H26N2O2. The van der Waals surface area contributed by atoms with Crippen molar-refractivity contribution in [3.8, 4) is 0 Å². The van der Waals surface area contributed by atoms with Gasteiger partial charge in [-0.3, -0.25) is 9.59 Å². The van der Waals surface area contributed by atoms with Crippen molar-refractivity contribution in [3.63, 3.8) is 0 Å². The summed E-state index contributed by atoms with van der Waals surface area (Å²) in [6, 6.07) is 0. The van der Waals surface area contributed by atoms with Crippen LogP contribution in [-0.4, -0.2) is 24.9 Å². The smallest absolute Gasteiger partial charge is 0.225 e. The van der Waals surface area contributed by atoms with Crippen LogP contribution in [0.15, 0.2) is 0 Å². The Balaban J connectivity index is 2.34. The van der Waals surface area contributed by atoms with Crippen LogP contribution in [0.25, 0.3) is 0 Å². The molecule has 0 atom stereocenters. The average Bonchev–Trinajstić information content (AvgIpc) is 2.29. The number of hydrogen-bond acceptors (Lipinski definition) is 2. The second-order valence-corrected chi connectivity index (χ2v) is 5.57. The Hall–Kier alpha value is -1.06. The van der Waals surface area contributed by atoms with Gasteiger partial charge in [0.25, 0.3) is 0 Å². The molecule has 1 aliphatic rings. The van der Waals surface area contributed by atoms with Gasteiger partial charge in [0, 0.05) is 25.4 Å². The second-order valence-electron chi connectivity index (χ2n) is 5.57. The first-order chi connectivity index (χ1) is 8.54. The SMILES string of the molecule is CC(=O)NCCNC(=O)C1(C)CCCCCCC1. The number of rotatable bonds is 4. The van der Waals surface area contributed by atoms with Crippen molar-refractivity contribution in [1.29, 1.82) is 0 Å². The minimum atomic E-state index is -0.212. The monoisotopic (exact) mass is 254 g/mol. The van der Waals surface area contributed by atoms with Gasteiger partial charge in [-0.05, 0) is 12.8 Å². The third-order valence-corrected chi connectivity index (χ3v) is 3.79. The van der Waals surface area contributed by atoms with Crippen LogP contribution >= 0.6 is 0 Å². The molecular weight excluding hydrogens is 228 g/mol. The number of carbonyl (C=O) groups excluding carboxylic acids is 2. The first kappa shape index (κ1) is 15.0. The summed E-state index contributed by atoms with van der Waals surface area (Å²) in [5, 5.41) is 5.63. The lowest BCUT2D eigenvalue weighted by Crippen LogP contribution is -2.42. The fourth-order valence-electron chi connectivity index (χ4n) is 2.54. The molecule has 0 unspecified atom stereocenters. The van der Waals surface area contributed by atoms with Gasteiger partial charge in [0.15, 0.2) is 0 Å². The summed E-state index contributed by atoms with van der Waals surface area (Å²) in [6.45, 7) is 4.59. The van der Waals surface area contributed by atoms with E-state index in [1.165, 1.54) is 26.2 Å². The maximum atomic E-state index is 12.2. The van der Waals surface area contributed by atoms with E-state index in [0.717, 1.165) is 25.7 Å². The molecule has 0 spiro atoms. The molecule has 0 aromatic heterocycles. The summed E-state index contributed by atoms with van der Waals surface area (Å²) in [5.74, 6) is 0.0937. The van der Waals surface area contributed by atoms with E-state index in [9.17, 15) is 9.59 Å². The Morgan fingerprint density at radius 3 is 2.00 bits per heavy atom. The summed E-state index contributed by atoms with van der Waals surface area (Å²) in [6.07, 6.45) is 8.06. The molecule has 1 fully saturated rings. The average molecular weight is 254 g/mol. The van der Waals surface area contributed by atoms with Crippen LogP contribution in [-0.2, 0) is 9.59 Å². The van der Waals surface area contributed by atoms with Gasteiger partial charge < -0.3 is 10.6 Å². The molecule has 0 bridgehead atoms. The predicted octanol–water partition coefficient (Wildman–Crippen LogP) is 1.99. The first-order valence-electron chi connectivity index (χ1n) is 7.07. The lowest BCUT2D eigenvalue weighted by Gasteiger charge is -2.30. The Morgan fingerprint density at radius 1 is 0.944 bits per heavy atom. The van der Waals surface area contributed by atoms with Crippen LogP contribution in [0.4, 0.5) is 0 Å². The topological polar surface area (TPSA) is 58.2 Å². The molecule has 0 radical (unpaired) electrons. The molecule has 0 aromatic rings. The first-order valence-corrected chi connectivity index (χ1v) is 7.07. The number of amides is 2. The summed E-state index contributed by atoms with van der Waals surface area (Å²) in [4.78, 5) is 22.9. The zero-order chi connectivity index (χ0) is 13.4. The van der Waals surface area contributed by atoms with Crippen LogP contribution in [0.5, 0.6) is 0 Å². The normalized spacial score (nSPS) is 19.4. The molecule has 1 saturated carbocycles. The zero-order valence-corrected chi connectivity index (χ0v) is 11.7. The summed E-state index contributed by atoms with van der Waals surface area (Å²) in [5.41, 5.74) is -0.212. The molecule has 0 aromatic carbocycles. The minimum absolute atomic E-state index is 0.0542. The molecule has 4 heteroatoms. The van der Waals surface area contributed by atoms with E-state index in [2.05, 4.69) is 17.6 Å². The highest BCUT2D eigenvalue weighted by atomic mass is 16.2. The van der Waals surface area contributed by atoms with E-state index >= 15 is 0 Å². The van der Waals surface area contributed by atoms with Gasteiger partial charge in [-0.15, -0.1) is 0 Å². The molecule has 18 heavy (non-hydrogen) atoms. The van der Waals surface area contributed by atoms with E-state index in [-0.39, 0.29) is 17.2 Å². The molecule has 0 aliphatic heterocycles. The van der Waals surface area contributed by atoms with E-state index < -0.39 is 0 Å². The van der Waals surface area contributed by atoms with Gasteiger partial charge in [0.1, 0.15) is 0 Å². The van der Waals surface area contributed by atoms with Crippen LogP contribution in [0.1, 0.15) is 58.8 Å². The highest BCUT2D eigenvalue weighted by Crippen LogP contribution is 2.33. The lowest BCUT2D eigenvalue weighted by molar-refractivity contribution is -0.131. The predicted molar refractivity (Wildman–Crippen MR) is 72.1 cm³/mol. The standard InChI is InChI=1S/C14H26N2O2/c1-12(17)15-10-11-16-13(18)14(2)8-6-4-3-5-7-9-14/h3-11H2,1-2H3,(H,15,17)(H,16,18). The summed E-state index contributed by atoms with van der Waals surface area (Å²) < 4.78 is 0. The van der Waals surface area contributed by atoms with E-state index in [1.807, 2.05) is 0 Å². The van der Waals surface area contributed by atoms with Crippen molar-refractivity contribution >= 4 is 11.8 Å². The molecule has 0 heterocycles. The van der Waals surface area contributed by atoms with Crippen molar-refractivity contribution < 1.29 is 9.59 Å². The fraction of sp³-hybridized carbons (Fsp3) is 0.857. The largest absolute Gasteiger partial charge is 0.355 e. The van der Waals surface area contributed by atoms with Crippen molar-refractivity contribution in [3.05, 3.63) is 0 Å². The number of nitrogens with one attached hydrogen (secondary N) is 2. The zero-order valence-electron chi connectivity index (χ0n) is 11.7. The molecule has 104 valence electrons. The Kier molecular flexibility index (Phi) is 6.16. The van der Waals surface area contributed by atoms with Crippen LogP contribution < -0.4 is 10.6 Å². The highest BCUT2D eigenvalue weighted by Gasteiger charge is 2.32. The lowest BCUT2D eigenvalue weighted by atomic mass is 9.77. The van der Waals surface area contributed by atoms with E-state index in [1.54, 1.807) is 0 Å². The third-order valence-electron chi connectivity index (χ3n) is 3.79. The third kappa shape index (κ3) is 5.07. The minimum Gasteiger partial charge on any atom is -0.355 e. The van der Waals surface area contributed by atoms with Gasteiger partial charge in [0.05, 0.1) is 0 Å². The summed E-state index contributed by atoms with van der Waals surface area (Å²) in [7, 11) is 0. The maximum absolute atomic E-state index is 12.2. The maximum Gasteiger partial charge on any atom is 0.225 e. The van der Waals surface area contributed by atoms with Gasteiger partial charge in [0.2, 0.25) is 11.8 Å². The Bertz CT molecular complexity index is 282. The Morgan fingerprint density at radius 2 is 1.44 bits per heavy atom. The Labute approximate surface area is 110 Å². The van der Waals surface area contributed by atoms with Crippen LogP contribution in [0, 0.1) is 5.41 Å². The quantitative estimate of drug-likeness (QED) is 0.754. The van der Waals surface area contributed by atoms with Crippen molar-refractivity contribution in [2.24, 2.45) is 5.41 Å². The van der Waals surface area contributed by atoms with Gasteiger partial charge >= 0.3 is 0 Å². The second kappa shape index (κ2) is 7.39. The van der Waals surface area contributed by atoms with Gasteiger partial charge in [-0.2, -0.15) is 0 Å². The van der Waals surface area contributed by atoms with Crippen LogP contribution in [0.3, 0.4) is 0 Å².